The van der Waals surface area contributed by atoms with Gasteiger partial charge in [0.25, 0.3) is 0 Å². The van der Waals surface area contributed by atoms with Gasteiger partial charge in [-0.25, -0.2) is 0 Å². The monoisotopic (exact) mass is 274 g/mol. The van der Waals surface area contributed by atoms with Crippen LogP contribution in [0.3, 0.4) is 0 Å². The molecule has 0 heterocycles. The average molecular weight is 275 g/mol. The number of rotatable bonds is 0. The third kappa shape index (κ3) is 1.27. The van der Waals surface area contributed by atoms with Crippen LogP contribution in [-0.4, -0.2) is 0 Å². The van der Waals surface area contributed by atoms with Crippen molar-refractivity contribution in [3.05, 3.63) is 52.0 Å². The van der Waals surface area contributed by atoms with E-state index in [0.717, 1.165) is 0 Å². The van der Waals surface area contributed by atoms with Gasteiger partial charge < -0.3 is 0 Å². The summed E-state index contributed by atoms with van der Waals surface area (Å²) in [5.41, 5.74) is 4.72. The van der Waals surface area contributed by atoms with Gasteiger partial charge in [0.15, 0.2) is 0 Å². The van der Waals surface area contributed by atoms with Gasteiger partial charge in [0, 0.05) is 4.47 Å². The molecule has 3 rings (SSSR count). The maximum Gasteiger partial charge on any atom is 0.0178 e. The van der Waals surface area contributed by atoms with Crippen molar-refractivity contribution < 1.29 is 0 Å². The Morgan fingerprint density at radius 3 is 2.94 bits per heavy atom. The van der Waals surface area contributed by atoms with Crippen molar-refractivity contribution in [1.82, 2.24) is 0 Å². The lowest BCUT2D eigenvalue weighted by Gasteiger charge is -2.29. The molecule has 82 valence electrons. The lowest BCUT2D eigenvalue weighted by molar-refractivity contribution is 0.414. The molecule has 0 aliphatic heterocycles. The van der Waals surface area contributed by atoms with Crippen LogP contribution < -0.4 is 0 Å². The minimum atomic E-state index is 0.260. The second-order valence-corrected chi connectivity index (χ2v) is 6.17. The van der Waals surface area contributed by atoms with E-state index in [4.69, 9.17) is 0 Å². The highest BCUT2D eigenvalue weighted by molar-refractivity contribution is 9.10. The van der Waals surface area contributed by atoms with Crippen LogP contribution in [0.15, 0.2) is 40.9 Å². The Morgan fingerprint density at radius 1 is 1.31 bits per heavy atom. The molecule has 1 heteroatoms. The summed E-state index contributed by atoms with van der Waals surface area (Å²) in [5, 5.41) is 0. The minimum absolute atomic E-state index is 0.260. The summed E-state index contributed by atoms with van der Waals surface area (Å²) < 4.78 is 1.19. The molecular formula is C15H15Br. The molecule has 0 nitrogen and oxygen atoms in total. The number of fused-ring (bicyclic) bond motifs is 3. The fourth-order valence-corrected chi connectivity index (χ4v) is 3.44. The van der Waals surface area contributed by atoms with Crippen LogP contribution in [0.25, 0.3) is 5.57 Å². The molecule has 16 heavy (non-hydrogen) atoms. The summed E-state index contributed by atoms with van der Waals surface area (Å²) in [6, 6.07) is 6.69. The minimum Gasteiger partial charge on any atom is -0.0839 e. The first-order chi connectivity index (χ1) is 7.60. The van der Waals surface area contributed by atoms with Gasteiger partial charge in [-0.05, 0) is 46.6 Å². The van der Waals surface area contributed by atoms with Gasteiger partial charge in [-0.15, -0.1) is 0 Å². The summed E-state index contributed by atoms with van der Waals surface area (Å²) in [6.07, 6.45) is 7.94. The molecule has 0 saturated heterocycles. The number of hydrogen-bond donors (Lipinski definition) is 0. The fraction of sp³-hybridized carbons (Fsp3) is 0.333. The van der Waals surface area contributed by atoms with Gasteiger partial charge in [0.05, 0.1) is 0 Å². The van der Waals surface area contributed by atoms with E-state index in [1.165, 1.54) is 27.6 Å². The second kappa shape index (κ2) is 3.33. The molecule has 1 atom stereocenters. The van der Waals surface area contributed by atoms with Gasteiger partial charge in [0.2, 0.25) is 0 Å². The van der Waals surface area contributed by atoms with Crippen molar-refractivity contribution in [2.75, 3.05) is 0 Å². The largest absolute Gasteiger partial charge is 0.0839 e. The first-order valence-electron chi connectivity index (χ1n) is 5.78. The summed E-state index contributed by atoms with van der Waals surface area (Å²) in [4.78, 5) is 0. The molecule has 2 aliphatic carbocycles. The highest BCUT2D eigenvalue weighted by Gasteiger charge is 2.42. The fourth-order valence-electron chi connectivity index (χ4n) is 3.08. The Balaban J connectivity index is 2.27. The molecule has 2 aliphatic rings. The molecule has 0 bridgehead atoms. The second-order valence-electron chi connectivity index (χ2n) is 5.25. The van der Waals surface area contributed by atoms with Crippen molar-refractivity contribution in [2.45, 2.75) is 25.7 Å². The molecule has 0 spiro atoms. The van der Waals surface area contributed by atoms with E-state index in [1.807, 2.05) is 0 Å². The Bertz CT molecular complexity index is 506. The van der Waals surface area contributed by atoms with Gasteiger partial charge in [-0.3, -0.25) is 0 Å². The van der Waals surface area contributed by atoms with Crippen LogP contribution in [0.1, 0.15) is 31.4 Å². The van der Waals surface area contributed by atoms with E-state index in [1.54, 1.807) is 0 Å². The first kappa shape index (κ1) is 10.3. The van der Waals surface area contributed by atoms with Crippen LogP contribution in [-0.2, 0) is 5.41 Å². The summed E-state index contributed by atoms with van der Waals surface area (Å²) in [6.45, 7) is 4.73. The Kier molecular flexibility index (Phi) is 2.16. The van der Waals surface area contributed by atoms with E-state index in [2.05, 4.69) is 66.2 Å². The van der Waals surface area contributed by atoms with Crippen molar-refractivity contribution in [2.24, 2.45) is 5.92 Å². The third-order valence-electron chi connectivity index (χ3n) is 4.02. The van der Waals surface area contributed by atoms with Crippen LogP contribution in [0, 0.1) is 5.92 Å². The van der Waals surface area contributed by atoms with Gasteiger partial charge in [-0.2, -0.15) is 0 Å². The lowest BCUT2D eigenvalue weighted by Crippen LogP contribution is -2.23. The highest BCUT2D eigenvalue weighted by atomic mass is 79.9. The molecule has 1 aromatic carbocycles. The maximum absolute atomic E-state index is 3.58. The Hall–Kier alpha value is -0.820. The Labute approximate surface area is 105 Å². The lowest BCUT2D eigenvalue weighted by atomic mass is 9.75. The van der Waals surface area contributed by atoms with Gasteiger partial charge >= 0.3 is 0 Å². The number of hydrogen-bond acceptors (Lipinski definition) is 0. The van der Waals surface area contributed by atoms with Crippen LogP contribution in [0.5, 0.6) is 0 Å². The van der Waals surface area contributed by atoms with Crippen LogP contribution >= 0.6 is 15.9 Å². The number of allylic oxidation sites excluding steroid dienone is 4. The SMILES string of the molecule is CC1(C)c2cc(Br)ccc2C2=CC=CCC21. The van der Waals surface area contributed by atoms with Gasteiger partial charge in [-0.1, -0.05) is 54.1 Å². The third-order valence-corrected chi connectivity index (χ3v) is 4.51. The number of halogens is 1. The first-order valence-corrected chi connectivity index (χ1v) is 6.57. The van der Waals surface area contributed by atoms with Gasteiger partial charge in [0.1, 0.15) is 0 Å². The zero-order valence-electron chi connectivity index (χ0n) is 9.63. The van der Waals surface area contributed by atoms with E-state index in [0.29, 0.717) is 5.92 Å². The molecule has 1 unspecified atom stereocenters. The quantitative estimate of drug-likeness (QED) is 0.643. The highest BCUT2D eigenvalue weighted by Crippen LogP contribution is 2.53. The van der Waals surface area contributed by atoms with E-state index < -0.39 is 0 Å². The standard InChI is InChI=1S/C15H15Br/c1-15(2)13-6-4-3-5-11(13)12-8-7-10(16)9-14(12)15/h3-5,7-9,13H,6H2,1-2H3. The van der Waals surface area contributed by atoms with Crippen LogP contribution in [0.4, 0.5) is 0 Å². The summed E-state index contributed by atoms with van der Waals surface area (Å²) in [5.74, 6) is 0.654. The molecule has 1 aromatic rings. The molecule has 0 saturated carbocycles. The normalized spacial score (nSPS) is 24.9. The predicted octanol–water partition coefficient (Wildman–Crippen LogP) is 4.70. The molecule has 0 fully saturated rings. The summed E-state index contributed by atoms with van der Waals surface area (Å²) >= 11 is 3.58. The van der Waals surface area contributed by atoms with Crippen molar-refractivity contribution in [3.63, 3.8) is 0 Å². The predicted molar refractivity (Wildman–Crippen MR) is 72.4 cm³/mol. The molecule has 0 amide bonds. The maximum atomic E-state index is 3.58. The van der Waals surface area contributed by atoms with Crippen LogP contribution in [0.2, 0.25) is 0 Å². The van der Waals surface area contributed by atoms with E-state index in [-0.39, 0.29) is 5.41 Å². The summed E-state index contributed by atoms with van der Waals surface area (Å²) in [7, 11) is 0. The smallest absolute Gasteiger partial charge is 0.0178 e. The van der Waals surface area contributed by atoms with Crippen molar-refractivity contribution >= 4 is 21.5 Å². The molecular weight excluding hydrogens is 260 g/mol. The zero-order chi connectivity index (χ0) is 11.3. The van der Waals surface area contributed by atoms with E-state index >= 15 is 0 Å². The van der Waals surface area contributed by atoms with Crippen molar-refractivity contribution in [1.29, 1.82) is 0 Å². The van der Waals surface area contributed by atoms with E-state index in [9.17, 15) is 0 Å². The molecule has 0 N–H and O–H groups in total. The molecule has 0 radical (unpaired) electrons. The Morgan fingerprint density at radius 2 is 2.12 bits per heavy atom. The zero-order valence-corrected chi connectivity index (χ0v) is 11.2. The van der Waals surface area contributed by atoms with Crippen molar-refractivity contribution in [3.8, 4) is 0 Å². The topological polar surface area (TPSA) is 0 Å². The number of benzene rings is 1. The average Bonchev–Trinajstić information content (AvgIpc) is 2.49. The molecule has 0 aromatic heterocycles.